The van der Waals surface area contributed by atoms with Crippen molar-refractivity contribution < 1.29 is 8.83 Å². The molecule has 0 atom stereocenters. The normalized spacial score (nSPS) is 11.2. The highest BCUT2D eigenvalue weighted by Gasteiger charge is 2.13. The van der Waals surface area contributed by atoms with Crippen LogP contribution in [0.2, 0.25) is 0 Å². The summed E-state index contributed by atoms with van der Waals surface area (Å²) in [6, 6.07) is 13.1. The Morgan fingerprint density at radius 1 is 1.04 bits per heavy atom. The molecule has 0 saturated heterocycles. The van der Waals surface area contributed by atoms with E-state index in [0.29, 0.717) is 22.4 Å². The van der Waals surface area contributed by atoms with Gasteiger partial charge >= 0.3 is 5.63 Å². The van der Waals surface area contributed by atoms with Crippen molar-refractivity contribution in [2.75, 3.05) is 0 Å². The molecule has 0 unspecified atom stereocenters. The van der Waals surface area contributed by atoms with E-state index in [-0.39, 0.29) is 5.63 Å². The van der Waals surface area contributed by atoms with Crippen molar-refractivity contribution in [3.8, 4) is 11.5 Å². The molecule has 7 heteroatoms. The van der Waals surface area contributed by atoms with Gasteiger partial charge in [0.25, 0.3) is 5.22 Å². The van der Waals surface area contributed by atoms with E-state index in [9.17, 15) is 4.79 Å². The smallest absolute Gasteiger partial charge is 0.336 e. The number of rotatable bonds is 4. The van der Waals surface area contributed by atoms with Crippen LogP contribution >= 0.6 is 27.7 Å². The van der Waals surface area contributed by atoms with Crippen LogP contribution in [-0.2, 0) is 5.75 Å². The summed E-state index contributed by atoms with van der Waals surface area (Å²) in [7, 11) is 0. The highest BCUT2D eigenvalue weighted by molar-refractivity contribution is 9.10. The van der Waals surface area contributed by atoms with Crippen LogP contribution in [0.25, 0.3) is 22.4 Å². The molecule has 136 valence electrons. The lowest BCUT2D eigenvalue weighted by molar-refractivity contribution is 0.465. The van der Waals surface area contributed by atoms with Crippen molar-refractivity contribution in [2.24, 2.45) is 0 Å². The molecule has 0 spiro atoms. The van der Waals surface area contributed by atoms with Gasteiger partial charge in [0.15, 0.2) is 0 Å². The second-order valence-electron chi connectivity index (χ2n) is 6.16. The molecule has 0 N–H and O–H groups in total. The summed E-state index contributed by atoms with van der Waals surface area (Å²) in [6.07, 6.45) is 0. The monoisotopic (exact) mass is 442 g/mol. The van der Waals surface area contributed by atoms with Crippen molar-refractivity contribution >= 4 is 38.7 Å². The number of thioether (sulfide) groups is 1. The molecule has 4 rings (SSSR count). The van der Waals surface area contributed by atoms with Gasteiger partial charge in [0, 0.05) is 21.7 Å². The zero-order chi connectivity index (χ0) is 19.0. The fourth-order valence-corrected chi connectivity index (χ4v) is 3.96. The van der Waals surface area contributed by atoms with Gasteiger partial charge < -0.3 is 8.83 Å². The first-order chi connectivity index (χ1) is 13.0. The lowest BCUT2D eigenvalue weighted by atomic mass is 10.0. The number of hydrogen-bond donors (Lipinski definition) is 0. The fourth-order valence-electron chi connectivity index (χ4n) is 2.75. The van der Waals surface area contributed by atoms with Crippen molar-refractivity contribution in [1.82, 2.24) is 10.2 Å². The first-order valence-electron chi connectivity index (χ1n) is 8.26. The third-order valence-electron chi connectivity index (χ3n) is 4.31. The number of nitrogens with zero attached hydrogens (tertiary/aromatic N) is 2. The lowest BCUT2D eigenvalue weighted by Gasteiger charge is -2.07. The maximum Gasteiger partial charge on any atom is 0.336 e. The van der Waals surface area contributed by atoms with E-state index in [1.165, 1.54) is 17.8 Å². The number of halogens is 1. The molecular formula is C20H15BrN2O3S. The Hall–Kier alpha value is -2.38. The van der Waals surface area contributed by atoms with E-state index in [0.717, 1.165) is 32.1 Å². The summed E-state index contributed by atoms with van der Waals surface area (Å²) in [5.41, 5.74) is 4.20. The second-order valence-corrected chi connectivity index (χ2v) is 7.95. The molecule has 0 aliphatic carbocycles. The minimum Gasteiger partial charge on any atom is -0.423 e. The molecule has 0 fully saturated rings. The van der Waals surface area contributed by atoms with Gasteiger partial charge in [0.1, 0.15) is 5.58 Å². The summed E-state index contributed by atoms with van der Waals surface area (Å²) < 4.78 is 12.0. The molecule has 0 amide bonds. The molecule has 2 aromatic carbocycles. The predicted octanol–water partition coefficient (Wildman–Crippen LogP) is 5.51. The summed E-state index contributed by atoms with van der Waals surface area (Å²) in [5.74, 6) is 0.983. The van der Waals surface area contributed by atoms with Gasteiger partial charge in [0.2, 0.25) is 5.89 Å². The molecule has 27 heavy (non-hydrogen) atoms. The Morgan fingerprint density at radius 2 is 1.81 bits per heavy atom. The number of benzene rings is 2. The number of aromatic nitrogens is 2. The lowest BCUT2D eigenvalue weighted by Crippen LogP contribution is -2.00. The summed E-state index contributed by atoms with van der Waals surface area (Å²) in [4.78, 5) is 11.9. The SMILES string of the molecule is Cc1cc2oc(=O)cc(CSc3nnc(-c4ccccc4Br)o3)c2cc1C. The summed E-state index contributed by atoms with van der Waals surface area (Å²) in [5, 5.41) is 9.60. The molecule has 0 aliphatic heterocycles. The van der Waals surface area contributed by atoms with Crippen LogP contribution in [0.1, 0.15) is 16.7 Å². The van der Waals surface area contributed by atoms with Crippen LogP contribution in [0.3, 0.4) is 0 Å². The number of fused-ring (bicyclic) bond motifs is 1. The maximum atomic E-state index is 11.9. The average molecular weight is 443 g/mol. The van der Waals surface area contributed by atoms with E-state index >= 15 is 0 Å². The molecular weight excluding hydrogens is 428 g/mol. The van der Waals surface area contributed by atoms with Crippen LogP contribution in [0.5, 0.6) is 0 Å². The Balaban J connectivity index is 1.62. The molecule has 0 aliphatic rings. The Morgan fingerprint density at radius 3 is 2.63 bits per heavy atom. The fraction of sp³-hybridized carbons (Fsp3) is 0.150. The Bertz CT molecular complexity index is 1200. The molecule has 2 aromatic heterocycles. The van der Waals surface area contributed by atoms with Crippen LogP contribution in [0.4, 0.5) is 0 Å². The third-order valence-corrected chi connectivity index (χ3v) is 5.87. The van der Waals surface area contributed by atoms with Crippen LogP contribution in [-0.4, -0.2) is 10.2 Å². The first kappa shape index (κ1) is 18.0. The molecule has 2 heterocycles. The van der Waals surface area contributed by atoms with Crippen molar-refractivity contribution in [2.45, 2.75) is 24.8 Å². The first-order valence-corrected chi connectivity index (χ1v) is 10.0. The van der Waals surface area contributed by atoms with E-state index < -0.39 is 0 Å². The van der Waals surface area contributed by atoms with Crippen LogP contribution in [0.15, 0.2) is 65.8 Å². The molecule has 5 nitrogen and oxygen atoms in total. The van der Waals surface area contributed by atoms with E-state index in [2.05, 4.69) is 26.1 Å². The van der Waals surface area contributed by atoms with Gasteiger partial charge in [0.05, 0.1) is 5.56 Å². The van der Waals surface area contributed by atoms with Crippen LogP contribution < -0.4 is 5.63 Å². The standard InChI is InChI=1S/C20H15BrN2O3S/c1-11-7-15-13(9-18(24)25-17(15)8-12(11)2)10-27-20-23-22-19(26-20)14-5-3-4-6-16(14)21/h3-9H,10H2,1-2H3. The van der Waals surface area contributed by atoms with Gasteiger partial charge in [-0.2, -0.15) is 0 Å². The zero-order valence-corrected chi connectivity index (χ0v) is 17.1. The minimum atomic E-state index is -0.360. The summed E-state index contributed by atoms with van der Waals surface area (Å²) in [6.45, 7) is 4.04. The molecule has 0 radical (unpaired) electrons. The van der Waals surface area contributed by atoms with E-state index in [1.807, 2.05) is 50.2 Å². The Kier molecular flexibility index (Phi) is 4.88. The average Bonchev–Trinajstić information content (AvgIpc) is 3.10. The van der Waals surface area contributed by atoms with Gasteiger partial charge in [-0.3, -0.25) is 0 Å². The van der Waals surface area contributed by atoms with E-state index in [1.54, 1.807) is 0 Å². The zero-order valence-electron chi connectivity index (χ0n) is 14.7. The van der Waals surface area contributed by atoms with Gasteiger partial charge in [-0.15, -0.1) is 10.2 Å². The quantitative estimate of drug-likeness (QED) is 0.306. The molecule has 0 bridgehead atoms. The number of hydrogen-bond acceptors (Lipinski definition) is 6. The van der Waals surface area contributed by atoms with Crippen LogP contribution in [0, 0.1) is 13.8 Å². The largest absolute Gasteiger partial charge is 0.423 e. The van der Waals surface area contributed by atoms with Crippen molar-refractivity contribution in [3.63, 3.8) is 0 Å². The third kappa shape index (κ3) is 3.70. The second kappa shape index (κ2) is 7.32. The van der Waals surface area contributed by atoms with Crippen molar-refractivity contribution in [1.29, 1.82) is 0 Å². The Labute approximate surface area is 167 Å². The molecule has 4 aromatic rings. The topological polar surface area (TPSA) is 69.1 Å². The highest BCUT2D eigenvalue weighted by atomic mass is 79.9. The summed E-state index contributed by atoms with van der Waals surface area (Å²) >= 11 is 4.88. The van der Waals surface area contributed by atoms with E-state index in [4.69, 9.17) is 8.83 Å². The van der Waals surface area contributed by atoms with Gasteiger partial charge in [-0.1, -0.05) is 23.9 Å². The van der Waals surface area contributed by atoms with Gasteiger partial charge in [-0.25, -0.2) is 4.79 Å². The van der Waals surface area contributed by atoms with Crippen molar-refractivity contribution in [3.05, 3.63) is 74.0 Å². The number of aryl methyl sites for hydroxylation is 2. The predicted molar refractivity (Wildman–Crippen MR) is 109 cm³/mol. The van der Waals surface area contributed by atoms with Gasteiger partial charge in [-0.05, 0) is 70.7 Å². The molecule has 0 saturated carbocycles. The highest BCUT2D eigenvalue weighted by Crippen LogP contribution is 2.31. The maximum absolute atomic E-state index is 11.9. The minimum absolute atomic E-state index is 0.360.